The van der Waals surface area contributed by atoms with Crippen LogP contribution in [0.25, 0.3) is 0 Å². The summed E-state index contributed by atoms with van der Waals surface area (Å²) in [6.45, 7) is 0.0945. The van der Waals surface area contributed by atoms with Crippen molar-refractivity contribution in [2.45, 2.75) is 19.1 Å². The third kappa shape index (κ3) is 4.99. The maximum absolute atomic E-state index is 12.1. The highest BCUT2D eigenvalue weighted by Crippen LogP contribution is 2.14. The molecule has 0 aromatic heterocycles. The number of carbonyl (C=O) groups is 2. The standard InChI is InChI=1S/C18H18ClNO4/c1-20(18(23)24-12-14-5-3-2-4-6-14)16(17(21)22)11-13-7-9-15(19)10-8-13/h2-10,16H,11-12H2,1H3,(H,21,22)/t16-/m1/s1. The number of nitrogens with zero attached hydrogens (tertiary/aromatic N) is 1. The van der Waals surface area contributed by atoms with Gasteiger partial charge in [0.1, 0.15) is 12.6 Å². The number of carbonyl (C=O) groups excluding carboxylic acids is 1. The molecule has 1 N–H and O–H groups in total. The van der Waals surface area contributed by atoms with Gasteiger partial charge in [0.2, 0.25) is 0 Å². The molecule has 1 atom stereocenters. The Morgan fingerprint density at radius 3 is 2.29 bits per heavy atom. The molecule has 0 saturated heterocycles. The quantitative estimate of drug-likeness (QED) is 0.867. The molecule has 5 nitrogen and oxygen atoms in total. The fraction of sp³-hybridized carbons (Fsp3) is 0.222. The molecule has 6 heteroatoms. The van der Waals surface area contributed by atoms with Crippen LogP contribution in [0.1, 0.15) is 11.1 Å². The van der Waals surface area contributed by atoms with E-state index >= 15 is 0 Å². The van der Waals surface area contributed by atoms with Crippen LogP contribution in [0.3, 0.4) is 0 Å². The second kappa shape index (κ2) is 8.36. The van der Waals surface area contributed by atoms with E-state index in [2.05, 4.69) is 0 Å². The minimum Gasteiger partial charge on any atom is -0.480 e. The molecule has 0 heterocycles. The molecule has 2 aromatic carbocycles. The van der Waals surface area contributed by atoms with Gasteiger partial charge in [0.15, 0.2) is 0 Å². The highest BCUT2D eigenvalue weighted by molar-refractivity contribution is 6.30. The molecule has 0 unspecified atom stereocenters. The van der Waals surface area contributed by atoms with Crippen LogP contribution >= 0.6 is 11.6 Å². The number of likely N-dealkylation sites (N-methyl/N-ethyl adjacent to an activating group) is 1. The maximum Gasteiger partial charge on any atom is 0.410 e. The topological polar surface area (TPSA) is 66.8 Å². The molecule has 2 aromatic rings. The van der Waals surface area contributed by atoms with Gasteiger partial charge in [0.25, 0.3) is 0 Å². The Morgan fingerprint density at radius 1 is 1.08 bits per heavy atom. The second-order valence-electron chi connectivity index (χ2n) is 5.34. The Morgan fingerprint density at radius 2 is 1.71 bits per heavy atom. The van der Waals surface area contributed by atoms with E-state index in [9.17, 15) is 14.7 Å². The lowest BCUT2D eigenvalue weighted by Gasteiger charge is -2.24. The van der Waals surface area contributed by atoms with E-state index in [1.807, 2.05) is 30.3 Å². The summed E-state index contributed by atoms with van der Waals surface area (Å²) in [4.78, 5) is 24.7. The number of amides is 1. The second-order valence-corrected chi connectivity index (χ2v) is 5.77. The number of halogens is 1. The largest absolute Gasteiger partial charge is 0.480 e. The summed E-state index contributed by atoms with van der Waals surface area (Å²) in [5.74, 6) is -1.09. The minimum atomic E-state index is -1.09. The van der Waals surface area contributed by atoms with Gasteiger partial charge in [-0.2, -0.15) is 0 Å². The Labute approximate surface area is 145 Å². The van der Waals surface area contributed by atoms with Crippen LogP contribution in [-0.4, -0.2) is 35.2 Å². The number of carboxylic acid groups (broad SMARTS) is 1. The van der Waals surface area contributed by atoms with E-state index in [4.69, 9.17) is 16.3 Å². The van der Waals surface area contributed by atoms with E-state index < -0.39 is 18.1 Å². The smallest absolute Gasteiger partial charge is 0.410 e. The monoisotopic (exact) mass is 347 g/mol. The van der Waals surface area contributed by atoms with Crippen molar-refractivity contribution in [2.75, 3.05) is 7.05 Å². The fourth-order valence-corrected chi connectivity index (χ4v) is 2.31. The summed E-state index contributed by atoms with van der Waals surface area (Å²) >= 11 is 5.82. The van der Waals surface area contributed by atoms with E-state index in [-0.39, 0.29) is 13.0 Å². The number of aliphatic carboxylic acids is 1. The highest BCUT2D eigenvalue weighted by Gasteiger charge is 2.27. The van der Waals surface area contributed by atoms with Gasteiger partial charge in [-0.3, -0.25) is 4.90 Å². The van der Waals surface area contributed by atoms with E-state index in [1.165, 1.54) is 7.05 Å². The van der Waals surface area contributed by atoms with Crippen LogP contribution in [0.5, 0.6) is 0 Å². The number of carboxylic acids is 1. The predicted molar refractivity (Wildman–Crippen MR) is 91.0 cm³/mol. The average molecular weight is 348 g/mol. The Kier molecular flexibility index (Phi) is 6.21. The molecule has 2 rings (SSSR count). The van der Waals surface area contributed by atoms with Crippen LogP contribution in [0.15, 0.2) is 54.6 Å². The third-order valence-corrected chi connectivity index (χ3v) is 3.84. The van der Waals surface area contributed by atoms with Gasteiger partial charge in [-0.15, -0.1) is 0 Å². The van der Waals surface area contributed by atoms with Crippen molar-refractivity contribution in [2.24, 2.45) is 0 Å². The van der Waals surface area contributed by atoms with Gasteiger partial charge >= 0.3 is 12.1 Å². The van der Waals surface area contributed by atoms with Crippen LogP contribution in [-0.2, 0) is 22.6 Å². The predicted octanol–water partition coefficient (Wildman–Crippen LogP) is 3.60. The van der Waals surface area contributed by atoms with Gasteiger partial charge in [0, 0.05) is 18.5 Å². The van der Waals surface area contributed by atoms with E-state index in [0.717, 1.165) is 16.0 Å². The lowest BCUT2D eigenvalue weighted by atomic mass is 10.1. The fourth-order valence-electron chi connectivity index (χ4n) is 2.18. The summed E-state index contributed by atoms with van der Waals surface area (Å²) in [7, 11) is 1.42. The van der Waals surface area contributed by atoms with Crippen molar-refractivity contribution in [3.63, 3.8) is 0 Å². The van der Waals surface area contributed by atoms with Crippen molar-refractivity contribution >= 4 is 23.7 Å². The average Bonchev–Trinajstić information content (AvgIpc) is 2.59. The van der Waals surface area contributed by atoms with Crippen LogP contribution in [0.2, 0.25) is 5.02 Å². The van der Waals surface area contributed by atoms with Gasteiger partial charge in [-0.1, -0.05) is 54.1 Å². The zero-order valence-electron chi connectivity index (χ0n) is 13.2. The third-order valence-electron chi connectivity index (χ3n) is 3.59. The number of hydrogen-bond donors (Lipinski definition) is 1. The van der Waals surface area contributed by atoms with E-state index in [0.29, 0.717) is 5.02 Å². The summed E-state index contributed by atoms with van der Waals surface area (Å²) in [5, 5.41) is 9.99. The molecular formula is C18H18ClNO4. The SMILES string of the molecule is CN(C(=O)OCc1ccccc1)[C@H](Cc1ccc(Cl)cc1)C(=O)O. The van der Waals surface area contributed by atoms with Gasteiger partial charge in [-0.05, 0) is 23.3 Å². The number of hydrogen-bond acceptors (Lipinski definition) is 3. The molecule has 0 fully saturated rings. The van der Waals surface area contributed by atoms with Crippen molar-refractivity contribution < 1.29 is 19.4 Å². The van der Waals surface area contributed by atoms with Crippen LogP contribution < -0.4 is 0 Å². The summed E-state index contributed by atoms with van der Waals surface area (Å²) in [5.41, 5.74) is 1.61. The molecule has 0 aliphatic carbocycles. The molecule has 0 saturated carbocycles. The number of benzene rings is 2. The Bertz CT molecular complexity index is 688. The molecule has 1 amide bonds. The van der Waals surface area contributed by atoms with E-state index in [1.54, 1.807) is 24.3 Å². The Balaban J connectivity index is 1.99. The molecule has 0 aliphatic rings. The maximum atomic E-state index is 12.1. The lowest BCUT2D eigenvalue weighted by molar-refractivity contribution is -0.142. The zero-order valence-corrected chi connectivity index (χ0v) is 13.9. The summed E-state index contributed by atoms with van der Waals surface area (Å²) in [6.07, 6.45) is -0.510. The molecule has 126 valence electrons. The normalized spacial score (nSPS) is 11.6. The van der Waals surface area contributed by atoms with Crippen LogP contribution in [0, 0.1) is 0 Å². The molecule has 0 aliphatic heterocycles. The van der Waals surface area contributed by atoms with Crippen molar-refractivity contribution in [1.82, 2.24) is 4.90 Å². The van der Waals surface area contributed by atoms with Gasteiger partial charge < -0.3 is 9.84 Å². The highest BCUT2D eigenvalue weighted by atomic mass is 35.5. The summed E-state index contributed by atoms with van der Waals surface area (Å²) < 4.78 is 5.18. The first kappa shape index (κ1) is 17.8. The van der Waals surface area contributed by atoms with Gasteiger partial charge in [0.05, 0.1) is 0 Å². The first-order valence-corrected chi connectivity index (χ1v) is 7.76. The lowest BCUT2D eigenvalue weighted by Crippen LogP contribution is -2.44. The van der Waals surface area contributed by atoms with Crippen LogP contribution in [0.4, 0.5) is 4.79 Å². The first-order valence-electron chi connectivity index (χ1n) is 7.38. The zero-order chi connectivity index (χ0) is 17.5. The molecule has 24 heavy (non-hydrogen) atoms. The molecule has 0 bridgehead atoms. The number of rotatable bonds is 6. The molecular weight excluding hydrogens is 330 g/mol. The van der Waals surface area contributed by atoms with Crippen molar-refractivity contribution in [3.05, 3.63) is 70.7 Å². The van der Waals surface area contributed by atoms with Crippen molar-refractivity contribution in [3.8, 4) is 0 Å². The molecule has 0 spiro atoms. The Hall–Kier alpha value is -2.53. The first-order chi connectivity index (χ1) is 11.5. The number of ether oxygens (including phenoxy) is 1. The molecule has 0 radical (unpaired) electrons. The minimum absolute atomic E-state index is 0.0945. The summed E-state index contributed by atoms with van der Waals surface area (Å²) in [6, 6.07) is 15.0. The van der Waals surface area contributed by atoms with Gasteiger partial charge in [-0.25, -0.2) is 9.59 Å². The van der Waals surface area contributed by atoms with Crippen molar-refractivity contribution in [1.29, 1.82) is 0 Å².